The highest BCUT2D eigenvalue weighted by molar-refractivity contribution is 9.10. The molecule has 1 N–H and O–H groups in total. The van der Waals surface area contributed by atoms with E-state index in [1.165, 1.54) is 24.0 Å². The summed E-state index contributed by atoms with van der Waals surface area (Å²) in [6.45, 7) is 4.39. The molecule has 34 heavy (non-hydrogen) atoms. The fourth-order valence-corrected chi connectivity index (χ4v) is 5.06. The summed E-state index contributed by atoms with van der Waals surface area (Å²) < 4.78 is 34.0. The fourth-order valence-electron chi connectivity index (χ4n) is 3.34. The van der Waals surface area contributed by atoms with E-state index in [1.54, 1.807) is 48.5 Å². The van der Waals surface area contributed by atoms with Gasteiger partial charge in [0, 0.05) is 35.5 Å². The number of guanidine groups is 1. The van der Waals surface area contributed by atoms with Crippen LogP contribution in [0.25, 0.3) is 17.0 Å². The van der Waals surface area contributed by atoms with E-state index < -0.39 is 21.9 Å². The number of aromatic nitrogens is 1. The van der Waals surface area contributed by atoms with Crippen molar-refractivity contribution in [1.29, 1.82) is 0 Å². The lowest BCUT2D eigenvalue weighted by molar-refractivity contribution is -0.132. The number of carbonyl (C=O) groups is 2. The molecule has 174 valence electrons. The molecule has 0 spiro atoms. The number of hydrogen-bond acceptors (Lipinski definition) is 7. The van der Waals surface area contributed by atoms with Crippen LogP contribution in [-0.2, 0) is 24.3 Å². The number of ether oxygens (including phenoxy) is 1. The number of aryl methyl sites for hydroxylation is 1. The second kappa shape index (κ2) is 8.99. The van der Waals surface area contributed by atoms with Crippen molar-refractivity contribution in [2.24, 2.45) is 9.98 Å². The van der Waals surface area contributed by atoms with E-state index in [4.69, 9.17) is 4.74 Å². The summed E-state index contributed by atoms with van der Waals surface area (Å²) in [7, 11) is -3.91. The van der Waals surface area contributed by atoms with Crippen LogP contribution in [0.2, 0.25) is 0 Å². The molecule has 2 heterocycles. The summed E-state index contributed by atoms with van der Waals surface area (Å²) in [5.74, 6) is -1.14. The Labute approximate surface area is 204 Å². The fraction of sp³-hybridized carbons (Fsp3) is 0.130. The molecule has 1 aliphatic rings. The van der Waals surface area contributed by atoms with Gasteiger partial charge < -0.3 is 4.74 Å². The molecule has 0 saturated carbocycles. The van der Waals surface area contributed by atoms with Gasteiger partial charge in [0.05, 0.1) is 10.4 Å². The molecule has 1 aromatic heterocycles. The maximum atomic E-state index is 13.5. The maximum absolute atomic E-state index is 13.5. The Morgan fingerprint density at radius 3 is 2.44 bits per heavy atom. The number of nitrogens with zero attached hydrogens (tertiary/aromatic N) is 3. The Morgan fingerprint density at radius 2 is 1.79 bits per heavy atom. The number of benzene rings is 2. The van der Waals surface area contributed by atoms with E-state index in [2.05, 4.69) is 31.2 Å². The quantitative estimate of drug-likeness (QED) is 0.505. The highest BCUT2D eigenvalue weighted by Gasteiger charge is 2.24. The molecule has 0 fully saturated rings. The van der Waals surface area contributed by atoms with E-state index >= 15 is 0 Å². The summed E-state index contributed by atoms with van der Waals surface area (Å²) in [6, 6.07) is 11.8. The second-order valence-corrected chi connectivity index (χ2v) is 10.2. The van der Waals surface area contributed by atoms with Crippen molar-refractivity contribution in [3.63, 3.8) is 0 Å². The van der Waals surface area contributed by atoms with Crippen molar-refractivity contribution >= 4 is 66.7 Å². The van der Waals surface area contributed by atoms with E-state index in [9.17, 15) is 18.0 Å². The lowest BCUT2D eigenvalue weighted by Gasteiger charge is -2.08. The first-order valence-electron chi connectivity index (χ1n) is 10.0. The van der Waals surface area contributed by atoms with Crippen molar-refractivity contribution < 1.29 is 22.7 Å². The highest BCUT2D eigenvalue weighted by Crippen LogP contribution is 2.31. The van der Waals surface area contributed by atoms with Crippen LogP contribution in [0.5, 0.6) is 0 Å². The molecule has 0 unspecified atom stereocenters. The van der Waals surface area contributed by atoms with Crippen LogP contribution in [0.1, 0.15) is 25.0 Å². The number of esters is 1. The molecule has 4 rings (SSSR count). The van der Waals surface area contributed by atoms with Crippen LogP contribution in [0.3, 0.4) is 0 Å². The first-order chi connectivity index (χ1) is 16.0. The predicted molar refractivity (Wildman–Crippen MR) is 132 cm³/mol. The van der Waals surface area contributed by atoms with Crippen LogP contribution in [0.4, 0.5) is 0 Å². The second-order valence-electron chi connectivity index (χ2n) is 7.52. The Hall–Kier alpha value is -3.57. The average molecular weight is 543 g/mol. The molecule has 1 amide bonds. The molecule has 11 heteroatoms. The molecule has 2 aromatic carbocycles. The number of aliphatic imine (C=N–C) groups is 2. The number of rotatable bonds is 3. The lowest BCUT2D eigenvalue weighted by Crippen LogP contribution is -2.25. The zero-order valence-electron chi connectivity index (χ0n) is 18.4. The molecule has 0 saturated heterocycles. The third kappa shape index (κ3) is 4.70. The topological polar surface area (TPSA) is 119 Å². The SMILES string of the molecule is CC(=O)NC1=N/C(=C/c2cn(S(=O)(=O)c3ccc(C)cc3)c3cc(Br)ccc23)C(OC(C)=O)=N1. The highest BCUT2D eigenvalue weighted by atomic mass is 79.9. The van der Waals surface area contributed by atoms with Gasteiger partial charge in [-0.25, -0.2) is 17.4 Å². The van der Waals surface area contributed by atoms with Gasteiger partial charge >= 0.3 is 5.97 Å². The third-order valence-electron chi connectivity index (χ3n) is 4.82. The van der Waals surface area contributed by atoms with Crippen molar-refractivity contribution in [3.8, 4) is 0 Å². The van der Waals surface area contributed by atoms with Gasteiger partial charge in [0.2, 0.25) is 11.9 Å². The van der Waals surface area contributed by atoms with Crippen molar-refractivity contribution in [2.45, 2.75) is 25.7 Å². The van der Waals surface area contributed by atoms with Gasteiger partial charge in [-0.1, -0.05) is 39.7 Å². The number of amides is 1. The Kier molecular flexibility index (Phi) is 6.24. The number of carbonyl (C=O) groups excluding carboxylic acids is 2. The number of hydrogen-bond donors (Lipinski definition) is 1. The zero-order chi connectivity index (χ0) is 24.6. The van der Waals surface area contributed by atoms with Crippen molar-refractivity contribution in [3.05, 3.63) is 70.0 Å². The van der Waals surface area contributed by atoms with E-state index in [-0.39, 0.29) is 22.4 Å². The predicted octanol–water partition coefficient (Wildman–Crippen LogP) is 3.76. The van der Waals surface area contributed by atoms with Crippen LogP contribution < -0.4 is 5.32 Å². The lowest BCUT2D eigenvalue weighted by atomic mass is 10.1. The first kappa shape index (κ1) is 23.6. The first-order valence-corrected chi connectivity index (χ1v) is 12.3. The van der Waals surface area contributed by atoms with Crippen LogP contribution >= 0.6 is 15.9 Å². The van der Waals surface area contributed by atoms with Gasteiger partial charge in [-0.05, 0) is 37.3 Å². The van der Waals surface area contributed by atoms with Crippen LogP contribution in [-0.4, -0.2) is 36.1 Å². The van der Waals surface area contributed by atoms with Crippen molar-refractivity contribution in [2.75, 3.05) is 0 Å². The Morgan fingerprint density at radius 1 is 1.09 bits per heavy atom. The molecule has 0 aliphatic carbocycles. The summed E-state index contributed by atoms with van der Waals surface area (Å²) in [6.07, 6.45) is 3.02. The molecular weight excluding hydrogens is 524 g/mol. The zero-order valence-corrected chi connectivity index (χ0v) is 20.8. The smallest absolute Gasteiger partial charge is 0.309 e. The van der Waals surface area contributed by atoms with E-state index in [0.717, 1.165) is 5.56 Å². The summed E-state index contributed by atoms with van der Waals surface area (Å²) in [5.41, 5.74) is 2.04. The number of fused-ring (bicyclic) bond motifs is 1. The molecule has 9 nitrogen and oxygen atoms in total. The van der Waals surface area contributed by atoms with Gasteiger partial charge in [0.15, 0.2) is 0 Å². The van der Waals surface area contributed by atoms with E-state index in [1.807, 2.05) is 6.92 Å². The minimum atomic E-state index is -3.91. The summed E-state index contributed by atoms with van der Waals surface area (Å²) >= 11 is 3.40. The number of nitrogens with one attached hydrogen (secondary N) is 1. The van der Waals surface area contributed by atoms with E-state index in [0.29, 0.717) is 20.9 Å². The molecule has 0 bridgehead atoms. The monoisotopic (exact) mass is 542 g/mol. The standard InChI is InChI=1S/C23H19BrN4O5S/c1-13-4-7-18(8-5-13)34(31,32)28-12-16(19-9-6-17(24)11-21(19)28)10-20-22(33-15(3)30)27-23(26-20)25-14(2)29/h4-12H,1-3H3,(H,25,26,29)/b20-10+. The van der Waals surface area contributed by atoms with Gasteiger partial charge in [0.1, 0.15) is 5.70 Å². The van der Waals surface area contributed by atoms with Gasteiger partial charge in [-0.2, -0.15) is 4.99 Å². The molecule has 1 aliphatic heterocycles. The number of halogens is 1. The van der Waals surface area contributed by atoms with Crippen LogP contribution in [0.15, 0.2) is 73.7 Å². The van der Waals surface area contributed by atoms with Gasteiger partial charge in [-0.15, -0.1) is 0 Å². The molecule has 3 aromatic rings. The van der Waals surface area contributed by atoms with Crippen molar-refractivity contribution in [1.82, 2.24) is 9.29 Å². The van der Waals surface area contributed by atoms with Gasteiger partial charge in [-0.3, -0.25) is 14.9 Å². The molecule has 0 atom stereocenters. The largest absolute Gasteiger partial charge is 0.405 e. The summed E-state index contributed by atoms with van der Waals surface area (Å²) in [5, 5.41) is 3.07. The van der Waals surface area contributed by atoms with Gasteiger partial charge in [0.25, 0.3) is 15.9 Å². The van der Waals surface area contributed by atoms with Crippen LogP contribution in [0, 0.1) is 6.92 Å². The average Bonchev–Trinajstić information content (AvgIpc) is 3.28. The minimum absolute atomic E-state index is 0.0336. The summed E-state index contributed by atoms with van der Waals surface area (Å²) in [4.78, 5) is 31.3. The minimum Gasteiger partial charge on any atom is -0.405 e. The normalized spacial score (nSPS) is 14.8. The Balaban J connectivity index is 1.89. The molecule has 0 radical (unpaired) electrons. The molecular formula is C23H19BrN4O5S. The third-order valence-corrected chi connectivity index (χ3v) is 7.00. The maximum Gasteiger partial charge on any atom is 0.309 e. The Bertz CT molecular complexity index is 1530.